The van der Waals surface area contributed by atoms with Crippen LogP contribution < -0.4 is 0 Å². The molecule has 0 aliphatic rings. The summed E-state index contributed by atoms with van der Waals surface area (Å²) in [5.41, 5.74) is 0. The van der Waals surface area contributed by atoms with Crippen molar-refractivity contribution >= 4 is 11.9 Å². The fraction of sp³-hybridized carbons (Fsp3) is 0.818. The van der Waals surface area contributed by atoms with Crippen LogP contribution in [0.5, 0.6) is 0 Å². The highest BCUT2D eigenvalue weighted by Gasteiger charge is 2.41. The maximum atomic E-state index is 12.3. The van der Waals surface area contributed by atoms with E-state index in [2.05, 4.69) is 9.47 Å². The molecule has 4 nitrogen and oxygen atoms in total. The first-order valence-corrected chi connectivity index (χ1v) is 5.62. The van der Waals surface area contributed by atoms with Gasteiger partial charge in [-0.05, 0) is 19.8 Å². The molecule has 0 aromatic heterocycles. The van der Waals surface area contributed by atoms with E-state index in [1.807, 2.05) is 0 Å². The van der Waals surface area contributed by atoms with E-state index in [0.717, 1.165) is 0 Å². The summed E-state index contributed by atoms with van der Waals surface area (Å²) >= 11 is 0. The van der Waals surface area contributed by atoms with Gasteiger partial charge in [-0.3, -0.25) is 9.59 Å². The first kappa shape index (κ1) is 16.7. The number of alkyl halides is 3. The number of hydrogen-bond donors (Lipinski definition) is 0. The minimum atomic E-state index is -4.45. The van der Waals surface area contributed by atoms with E-state index in [-0.39, 0.29) is 13.2 Å². The van der Waals surface area contributed by atoms with Crippen LogP contribution in [0.4, 0.5) is 13.2 Å². The largest absolute Gasteiger partial charge is 0.465 e. The van der Waals surface area contributed by atoms with Crippen molar-refractivity contribution in [2.75, 3.05) is 13.2 Å². The Balaban J connectivity index is 4.85. The average molecular weight is 270 g/mol. The molecule has 0 fully saturated rings. The predicted molar refractivity (Wildman–Crippen MR) is 56.6 cm³/mol. The molecule has 0 bridgehead atoms. The zero-order valence-electron chi connectivity index (χ0n) is 10.5. The van der Waals surface area contributed by atoms with Gasteiger partial charge in [-0.1, -0.05) is 6.92 Å². The van der Waals surface area contributed by atoms with Gasteiger partial charge < -0.3 is 9.47 Å². The van der Waals surface area contributed by atoms with Crippen LogP contribution in [0.2, 0.25) is 0 Å². The van der Waals surface area contributed by atoms with E-state index in [1.165, 1.54) is 20.8 Å². The lowest BCUT2D eigenvalue weighted by Gasteiger charge is -2.21. The molecule has 0 saturated carbocycles. The first-order chi connectivity index (χ1) is 8.22. The van der Waals surface area contributed by atoms with Crippen LogP contribution in [0.25, 0.3) is 0 Å². The number of rotatable bonds is 6. The molecule has 0 aliphatic carbocycles. The highest BCUT2D eigenvalue weighted by Crippen LogP contribution is 2.30. The summed E-state index contributed by atoms with van der Waals surface area (Å²) in [5.74, 6) is -4.71. The van der Waals surface area contributed by atoms with Crippen LogP contribution in [-0.2, 0) is 19.1 Å². The SMILES string of the molecule is CCOC(=O)C(C(=O)OCC)C(C)CC(F)(F)F. The van der Waals surface area contributed by atoms with Gasteiger partial charge in [-0.15, -0.1) is 0 Å². The number of carbonyl (C=O) groups excluding carboxylic acids is 2. The summed E-state index contributed by atoms with van der Waals surface area (Å²) in [6, 6.07) is 0. The molecule has 0 aromatic carbocycles. The summed E-state index contributed by atoms with van der Waals surface area (Å²) in [4.78, 5) is 23.0. The Hall–Kier alpha value is -1.27. The normalized spacial score (nSPS) is 13.3. The van der Waals surface area contributed by atoms with Crippen molar-refractivity contribution in [1.29, 1.82) is 0 Å². The van der Waals surface area contributed by atoms with E-state index in [0.29, 0.717) is 0 Å². The summed E-state index contributed by atoms with van der Waals surface area (Å²) in [6.07, 6.45) is -5.69. The second kappa shape index (κ2) is 7.23. The topological polar surface area (TPSA) is 52.6 Å². The molecular formula is C11H17F3O4. The van der Waals surface area contributed by atoms with Gasteiger partial charge in [0.05, 0.1) is 13.2 Å². The summed E-state index contributed by atoms with van der Waals surface area (Å²) in [5, 5.41) is 0. The van der Waals surface area contributed by atoms with Gasteiger partial charge in [0.2, 0.25) is 0 Å². The number of esters is 2. The van der Waals surface area contributed by atoms with Gasteiger partial charge in [0.25, 0.3) is 0 Å². The standard InChI is InChI=1S/C11H17F3O4/c1-4-17-9(15)8(10(16)18-5-2)7(3)6-11(12,13)14/h7-8H,4-6H2,1-3H3. The van der Waals surface area contributed by atoms with Crippen molar-refractivity contribution in [1.82, 2.24) is 0 Å². The molecule has 0 radical (unpaired) electrons. The lowest BCUT2D eigenvalue weighted by Crippen LogP contribution is -2.35. The summed E-state index contributed by atoms with van der Waals surface area (Å²) < 4.78 is 46.0. The van der Waals surface area contributed by atoms with Gasteiger partial charge in [-0.2, -0.15) is 13.2 Å². The second-order valence-corrected chi connectivity index (χ2v) is 3.78. The average Bonchev–Trinajstić information content (AvgIpc) is 2.15. The van der Waals surface area contributed by atoms with Crippen molar-refractivity contribution in [3.8, 4) is 0 Å². The van der Waals surface area contributed by atoms with Gasteiger partial charge in [0.15, 0.2) is 5.92 Å². The van der Waals surface area contributed by atoms with Crippen LogP contribution in [-0.4, -0.2) is 31.3 Å². The molecule has 0 saturated heterocycles. The molecule has 0 amide bonds. The monoisotopic (exact) mass is 270 g/mol. The molecule has 18 heavy (non-hydrogen) atoms. The van der Waals surface area contributed by atoms with Crippen molar-refractivity contribution in [3.63, 3.8) is 0 Å². The van der Waals surface area contributed by atoms with Crippen molar-refractivity contribution in [2.45, 2.75) is 33.4 Å². The molecule has 0 heterocycles. The van der Waals surface area contributed by atoms with Crippen molar-refractivity contribution < 1.29 is 32.2 Å². The van der Waals surface area contributed by atoms with Crippen LogP contribution in [0, 0.1) is 11.8 Å². The Labute approximate surface area is 103 Å². The van der Waals surface area contributed by atoms with E-state index >= 15 is 0 Å². The first-order valence-electron chi connectivity index (χ1n) is 5.62. The molecular weight excluding hydrogens is 253 g/mol. The minimum absolute atomic E-state index is 0.00647. The highest BCUT2D eigenvalue weighted by molar-refractivity contribution is 5.95. The second-order valence-electron chi connectivity index (χ2n) is 3.78. The summed E-state index contributed by atoms with van der Waals surface area (Å²) in [7, 11) is 0. The fourth-order valence-electron chi connectivity index (χ4n) is 1.51. The molecule has 1 atom stereocenters. The zero-order valence-corrected chi connectivity index (χ0v) is 10.5. The Bertz CT molecular complexity index is 271. The molecule has 0 spiro atoms. The van der Waals surface area contributed by atoms with Crippen LogP contribution in [0.1, 0.15) is 27.2 Å². The van der Waals surface area contributed by atoms with Crippen molar-refractivity contribution in [2.24, 2.45) is 11.8 Å². The van der Waals surface area contributed by atoms with Gasteiger partial charge in [-0.25, -0.2) is 0 Å². The van der Waals surface area contributed by atoms with E-state index in [1.54, 1.807) is 0 Å². The Morgan fingerprint density at radius 3 is 1.72 bits per heavy atom. The van der Waals surface area contributed by atoms with E-state index in [4.69, 9.17) is 0 Å². The molecule has 7 heteroatoms. The van der Waals surface area contributed by atoms with E-state index < -0.39 is 36.4 Å². The van der Waals surface area contributed by atoms with Crippen molar-refractivity contribution in [3.05, 3.63) is 0 Å². The third-order valence-corrected chi connectivity index (χ3v) is 2.20. The van der Waals surface area contributed by atoms with Gasteiger partial charge in [0.1, 0.15) is 0 Å². The van der Waals surface area contributed by atoms with Gasteiger partial charge >= 0.3 is 18.1 Å². The van der Waals surface area contributed by atoms with E-state index in [9.17, 15) is 22.8 Å². The molecule has 0 N–H and O–H groups in total. The van der Waals surface area contributed by atoms with Crippen LogP contribution in [0.3, 0.4) is 0 Å². The fourth-order valence-corrected chi connectivity index (χ4v) is 1.51. The third kappa shape index (κ3) is 5.88. The summed E-state index contributed by atoms with van der Waals surface area (Å²) in [6.45, 7) is 4.18. The maximum absolute atomic E-state index is 12.3. The molecule has 0 aliphatic heterocycles. The molecule has 0 aromatic rings. The molecule has 0 rings (SSSR count). The zero-order chi connectivity index (χ0) is 14.3. The number of hydrogen-bond acceptors (Lipinski definition) is 4. The smallest absolute Gasteiger partial charge is 0.389 e. The quantitative estimate of drug-likeness (QED) is 0.549. The Morgan fingerprint density at radius 2 is 1.44 bits per heavy atom. The van der Waals surface area contributed by atoms with Crippen LogP contribution in [0.15, 0.2) is 0 Å². The molecule has 1 unspecified atom stereocenters. The maximum Gasteiger partial charge on any atom is 0.389 e. The number of carbonyl (C=O) groups is 2. The highest BCUT2D eigenvalue weighted by atomic mass is 19.4. The Morgan fingerprint density at radius 1 is 1.06 bits per heavy atom. The lowest BCUT2D eigenvalue weighted by molar-refractivity contribution is -0.171. The van der Waals surface area contributed by atoms with Gasteiger partial charge in [0, 0.05) is 6.42 Å². The lowest BCUT2D eigenvalue weighted by atomic mass is 9.91. The Kier molecular flexibility index (Phi) is 6.72. The number of halogens is 3. The third-order valence-electron chi connectivity index (χ3n) is 2.20. The molecule has 106 valence electrons. The number of ether oxygens (including phenoxy) is 2. The predicted octanol–water partition coefficient (Wildman–Crippen LogP) is 2.32. The minimum Gasteiger partial charge on any atom is -0.465 e. The van der Waals surface area contributed by atoms with Crippen LogP contribution >= 0.6 is 0 Å².